The Bertz CT molecular complexity index is 674. The first-order chi connectivity index (χ1) is 8.88. The summed E-state index contributed by atoms with van der Waals surface area (Å²) in [6.45, 7) is 1.14. The zero-order valence-electron chi connectivity index (χ0n) is 9.82. The third-order valence-electron chi connectivity index (χ3n) is 2.88. The molecule has 0 bridgehead atoms. The number of hydrogen-bond donors (Lipinski definition) is 1. The molecule has 0 fully saturated rings. The van der Waals surface area contributed by atoms with Crippen LogP contribution in [0, 0.1) is 0 Å². The molecule has 0 radical (unpaired) electrons. The first-order valence-electron chi connectivity index (χ1n) is 5.84. The van der Waals surface area contributed by atoms with Crippen molar-refractivity contribution in [3.8, 4) is 11.4 Å². The van der Waals surface area contributed by atoms with Crippen LogP contribution in [0.15, 0.2) is 42.5 Å². The van der Waals surface area contributed by atoms with E-state index in [1.165, 1.54) is 10.8 Å². The molecule has 0 amide bonds. The highest BCUT2D eigenvalue weighted by Gasteiger charge is 2.08. The van der Waals surface area contributed by atoms with Gasteiger partial charge in [-0.1, -0.05) is 36.4 Å². The monoisotopic (exact) mass is 239 g/mol. The average Bonchev–Trinajstić information content (AvgIpc) is 2.87. The van der Waals surface area contributed by atoms with E-state index in [0.29, 0.717) is 13.1 Å². The van der Waals surface area contributed by atoms with Crippen LogP contribution >= 0.6 is 0 Å². The molecule has 0 saturated carbocycles. The highest BCUT2D eigenvalue weighted by atomic mass is 15.5. The molecule has 0 aliphatic rings. The van der Waals surface area contributed by atoms with Crippen molar-refractivity contribution in [2.45, 2.75) is 6.54 Å². The van der Waals surface area contributed by atoms with Crippen LogP contribution in [0.25, 0.3) is 22.2 Å². The lowest BCUT2D eigenvalue weighted by atomic mass is 10.1. The van der Waals surface area contributed by atoms with Crippen molar-refractivity contribution < 1.29 is 0 Å². The fourth-order valence-electron chi connectivity index (χ4n) is 2.01. The average molecular weight is 239 g/mol. The van der Waals surface area contributed by atoms with Crippen molar-refractivity contribution in [1.82, 2.24) is 20.2 Å². The van der Waals surface area contributed by atoms with Crippen LogP contribution in [0.2, 0.25) is 0 Å². The van der Waals surface area contributed by atoms with E-state index in [4.69, 9.17) is 5.73 Å². The lowest BCUT2D eigenvalue weighted by molar-refractivity contribution is 0.603. The normalized spacial score (nSPS) is 10.9. The largest absolute Gasteiger partial charge is 0.329 e. The number of tetrazole rings is 1. The predicted molar refractivity (Wildman–Crippen MR) is 69.8 cm³/mol. The minimum atomic E-state index is 0.519. The van der Waals surface area contributed by atoms with Gasteiger partial charge in [0, 0.05) is 12.1 Å². The molecule has 3 aromatic rings. The number of nitrogens with zero attached hydrogens (tertiary/aromatic N) is 4. The second-order valence-electron chi connectivity index (χ2n) is 4.08. The quantitative estimate of drug-likeness (QED) is 0.751. The molecule has 0 saturated heterocycles. The molecule has 0 aliphatic heterocycles. The van der Waals surface area contributed by atoms with Gasteiger partial charge in [-0.05, 0) is 27.3 Å². The first-order valence-corrected chi connectivity index (χ1v) is 5.84. The molecule has 5 heteroatoms. The first kappa shape index (κ1) is 10.9. The van der Waals surface area contributed by atoms with E-state index in [-0.39, 0.29) is 0 Å². The molecular formula is C13H13N5. The van der Waals surface area contributed by atoms with Gasteiger partial charge in [0.05, 0.1) is 6.54 Å². The molecule has 2 N–H and O–H groups in total. The second-order valence-corrected chi connectivity index (χ2v) is 4.08. The summed E-state index contributed by atoms with van der Waals surface area (Å²) in [5.41, 5.74) is 6.55. The Kier molecular flexibility index (Phi) is 2.74. The van der Waals surface area contributed by atoms with Crippen molar-refractivity contribution in [3.05, 3.63) is 42.5 Å². The van der Waals surface area contributed by atoms with Gasteiger partial charge in [-0.3, -0.25) is 0 Å². The molecular weight excluding hydrogens is 226 g/mol. The van der Waals surface area contributed by atoms with Gasteiger partial charge in [0.1, 0.15) is 0 Å². The van der Waals surface area contributed by atoms with Crippen LogP contribution in [0.3, 0.4) is 0 Å². The molecule has 0 atom stereocenters. The molecule has 0 aliphatic carbocycles. The maximum absolute atomic E-state index is 5.54. The third-order valence-corrected chi connectivity index (χ3v) is 2.88. The number of hydrogen-bond acceptors (Lipinski definition) is 4. The van der Waals surface area contributed by atoms with Crippen LogP contribution in [0.5, 0.6) is 0 Å². The van der Waals surface area contributed by atoms with E-state index in [9.17, 15) is 0 Å². The topological polar surface area (TPSA) is 69.6 Å². The summed E-state index contributed by atoms with van der Waals surface area (Å²) in [7, 11) is 0. The maximum Gasteiger partial charge on any atom is 0.182 e. The van der Waals surface area contributed by atoms with E-state index >= 15 is 0 Å². The minimum Gasteiger partial charge on any atom is -0.329 e. The van der Waals surface area contributed by atoms with Gasteiger partial charge < -0.3 is 5.73 Å². The number of rotatable bonds is 3. The van der Waals surface area contributed by atoms with Gasteiger partial charge in [0.25, 0.3) is 0 Å². The van der Waals surface area contributed by atoms with Crippen molar-refractivity contribution in [2.75, 3.05) is 6.54 Å². The Hall–Kier alpha value is -2.27. The standard InChI is InChI=1S/C13H13N5/c14-7-8-18-13(15-16-17-18)12-6-5-10-3-1-2-4-11(10)9-12/h1-6,9H,7-8,14H2. The Balaban J connectivity index is 2.10. The van der Waals surface area contributed by atoms with Crippen LogP contribution in [0.4, 0.5) is 0 Å². The van der Waals surface area contributed by atoms with Gasteiger partial charge >= 0.3 is 0 Å². The summed E-state index contributed by atoms with van der Waals surface area (Å²) in [4.78, 5) is 0. The highest BCUT2D eigenvalue weighted by Crippen LogP contribution is 2.22. The molecule has 3 rings (SSSR count). The van der Waals surface area contributed by atoms with Gasteiger partial charge in [-0.2, -0.15) is 0 Å². The Morgan fingerprint density at radius 1 is 1.06 bits per heavy atom. The van der Waals surface area contributed by atoms with Gasteiger partial charge in [-0.15, -0.1) is 5.10 Å². The van der Waals surface area contributed by atoms with Crippen LogP contribution in [-0.4, -0.2) is 26.8 Å². The molecule has 5 nitrogen and oxygen atoms in total. The number of benzene rings is 2. The summed E-state index contributed by atoms with van der Waals surface area (Å²) in [5, 5.41) is 14.1. The maximum atomic E-state index is 5.54. The lowest BCUT2D eigenvalue weighted by Gasteiger charge is -2.04. The van der Waals surface area contributed by atoms with E-state index < -0.39 is 0 Å². The Morgan fingerprint density at radius 3 is 2.72 bits per heavy atom. The third kappa shape index (κ3) is 1.84. The van der Waals surface area contributed by atoms with Crippen LogP contribution < -0.4 is 5.73 Å². The van der Waals surface area contributed by atoms with E-state index in [0.717, 1.165) is 11.4 Å². The van der Waals surface area contributed by atoms with Crippen molar-refractivity contribution >= 4 is 10.8 Å². The van der Waals surface area contributed by atoms with Crippen LogP contribution in [0.1, 0.15) is 0 Å². The predicted octanol–water partition coefficient (Wildman–Crippen LogP) is 1.45. The van der Waals surface area contributed by atoms with E-state index in [1.807, 2.05) is 18.2 Å². The van der Waals surface area contributed by atoms with Crippen molar-refractivity contribution in [1.29, 1.82) is 0 Å². The molecule has 1 heterocycles. The van der Waals surface area contributed by atoms with Gasteiger partial charge in [0.2, 0.25) is 0 Å². The minimum absolute atomic E-state index is 0.519. The zero-order chi connectivity index (χ0) is 12.4. The molecule has 0 unspecified atom stereocenters. The highest BCUT2D eigenvalue weighted by molar-refractivity contribution is 5.86. The SMILES string of the molecule is NCCn1nnnc1-c1ccc2ccccc2c1. The van der Waals surface area contributed by atoms with Crippen molar-refractivity contribution in [3.63, 3.8) is 0 Å². The summed E-state index contributed by atoms with van der Waals surface area (Å²) < 4.78 is 1.73. The summed E-state index contributed by atoms with van der Waals surface area (Å²) in [6, 6.07) is 14.4. The number of fused-ring (bicyclic) bond motifs is 1. The summed E-state index contributed by atoms with van der Waals surface area (Å²) in [6.07, 6.45) is 0. The molecule has 0 spiro atoms. The molecule has 90 valence electrons. The summed E-state index contributed by atoms with van der Waals surface area (Å²) >= 11 is 0. The fourth-order valence-corrected chi connectivity index (χ4v) is 2.01. The smallest absolute Gasteiger partial charge is 0.182 e. The molecule has 18 heavy (non-hydrogen) atoms. The molecule has 2 aromatic carbocycles. The van der Waals surface area contributed by atoms with Gasteiger partial charge in [0.15, 0.2) is 5.82 Å². The van der Waals surface area contributed by atoms with Crippen LogP contribution in [-0.2, 0) is 6.54 Å². The Labute approximate surface area is 104 Å². The fraction of sp³-hybridized carbons (Fsp3) is 0.154. The number of aromatic nitrogens is 4. The van der Waals surface area contributed by atoms with E-state index in [2.05, 4.69) is 39.8 Å². The number of nitrogens with two attached hydrogens (primary N) is 1. The van der Waals surface area contributed by atoms with E-state index in [1.54, 1.807) is 4.68 Å². The van der Waals surface area contributed by atoms with Crippen molar-refractivity contribution in [2.24, 2.45) is 5.73 Å². The lowest BCUT2D eigenvalue weighted by Crippen LogP contribution is -2.12. The second kappa shape index (κ2) is 4.54. The summed E-state index contributed by atoms with van der Waals surface area (Å²) in [5.74, 6) is 0.756. The molecule has 1 aromatic heterocycles. The Morgan fingerprint density at radius 2 is 1.89 bits per heavy atom. The van der Waals surface area contributed by atoms with Gasteiger partial charge in [-0.25, -0.2) is 4.68 Å². The zero-order valence-corrected chi connectivity index (χ0v) is 9.82.